The topological polar surface area (TPSA) is 79.8 Å². The summed E-state index contributed by atoms with van der Waals surface area (Å²) in [5.74, 6) is 2.22. The van der Waals surface area contributed by atoms with E-state index in [9.17, 15) is 4.79 Å². The second kappa shape index (κ2) is 7.69. The Morgan fingerprint density at radius 1 is 1.19 bits per heavy atom. The smallest absolute Gasteiger partial charge is 0.317 e. The van der Waals surface area contributed by atoms with Crippen LogP contribution in [0.2, 0.25) is 0 Å². The van der Waals surface area contributed by atoms with Crippen LogP contribution in [0.15, 0.2) is 36.7 Å². The van der Waals surface area contributed by atoms with Crippen molar-refractivity contribution in [2.75, 3.05) is 44.8 Å². The quantitative estimate of drug-likeness (QED) is 0.879. The number of fused-ring (bicyclic) bond motifs is 1. The fourth-order valence-electron chi connectivity index (χ4n) is 3.48. The van der Waals surface area contributed by atoms with Crippen LogP contribution in [-0.4, -0.2) is 66.8 Å². The van der Waals surface area contributed by atoms with E-state index in [-0.39, 0.29) is 12.1 Å². The minimum atomic E-state index is -0.0522. The first kappa shape index (κ1) is 17.4. The molecule has 8 nitrogen and oxygen atoms in total. The molecule has 2 aliphatic rings. The summed E-state index contributed by atoms with van der Waals surface area (Å²) in [7, 11) is 1.63. The molecule has 0 spiro atoms. The Bertz CT molecular complexity index is 793. The van der Waals surface area contributed by atoms with Crippen molar-refractivity contribution in [3.8, 4) is 11.5 Å². The maximum atomic E-state index is 12.6. The van der Waals surface area contributed by atoms with Crippen LogP contribution < -0.4 is 19.7 Å². The first-order valence-corrected chi connectivity index (χ1v) is 9.10. The molecule has 1 N–H and O–H groups in total. The Kier molecular flexibility index (Phi) is 4.95. The van der Waals surface area contributed by atoms with Crippen LogP contribution in [0, 0.1) is 0 Å². The molecule has 3 heterocycles. The second-order valence-electron chi connectivity index (χ2n) is 6.63. The van der Waals surface area contributed by atoms with Gasteiger partial charge in [-0.1, -0.05) is 12.1 Å². The molecule has 0 radical (unpaired) electrons. The molecular formula is C19H23N5O3. The van der Waals surface area contributed by atoms with Crippen molar-refractivity contribution in [2.45, 2.75) is 12.5 Å². The number of rotatable bonds is 3. The molecular weight excluding hydrogens is 346 g/mol. The lowest BCUT2D eigenvalue weighted by atomic mass is 10.0. The highest BCUT2D eigenvalue weighted by Crippen LogP contribution is 2.34. The van der Waals surface area contributed by atoms with Crippen LogP contribution in [0.5, 0.6) is 11.5 Å². The Balaban J connectivity index is 1.31. The minimum absolute atomic E-state index is 0.0485. The number of anilines is 1. The highest BCUT2D eigenvalue weighted by atomic mass is 16.5. The number of ether oxygens (including phenoxy) is 2. The normalized spacial score (nSPS) is 19.1. The largest absolute Gasteiger partial charge is 0.493 e. The van der Waals surface area contributed by atoms with E-state index in [1.54, 1.807) is 25.6 Å². The zero-order chi connectivity index (χ0) is 18.6. The second-order valence-corrected chi connectivity index (χ2v) is 6.63. The Morgan fingerprint density at radius 2 is 1.96 bits per heavy atom. The van der Waals surface area contributed by atoms with Crippen LogP contribution in [0.25, 0.3) is 0 Å². The van der Waals surface area contributed by atoms with Gasteiger partial charge in [0.2, 0.25) is 5.95 Å². The molecule has 4 rings (SSSR count). The van der Waals surface area contributed by atoms with Gasteiger partial charge < -0.3 is 24.6 Å². The van der Waals surface area contributed by atoms with Gasteiger partial charge in [-0.15, -0.1) is 0 Å². The number of carbonyl (C=O) groups is 1. The van der Waals surface area contributed by atoms with Gasteiger partial charge in [0.1, 0.15) is 6.61 Å². The van der Waals surface area contributed by atoms with Crippen LogP contribution >= 0.6 is 0 Å². The molecule has 8 heteroatoms. The number of methoxy groups -OCH3 is 1. The van der Waals surface area contributed by atoms with Crippen LogP contribution in [0.4, 0.5) is 10.7 Å². The first-order valence-electron chi connectivity index (χ1n) is 9.10. The van der Waals surface area contributed by atoms with E-state index in [2.05, 4.69) is 20.2 Å². The third kappa shape index (κ3) is 3.74. The number of piperazine rings is 1. The average molecular weight is 369 g/mol. The number of urea groups is 1. The monoisotopic (exact) mass is 369 g/mol. The highest BCUT2D eigenvalue weighted by molar-refractivity contribution is 5.75. The maximum absolute atomic E-state index is 12.6. The highest BCUT2D eigenvalue weighted by Gasteiger charge is 2.27. The summed E-state index contributed by atoms with van der Waals surface area (Å²) >= 11 is 0. The predicted molar refractivity (Wildman–Crippen MR) is 100 cm³/mol. The summed E-state index contributed by atoms with van der Waals surface area (Å²) < 4.78 is 11.2. The Morgan fingerprint density at radius 3 is 2.70 bits per heavy atom. The molecule has 1 atom stereocenters. The van der Waals surface area contributed by atoms with Gasteiger partial charge in [-0.3, -0.25) is 0 Å². The summed E-state index contributed by atoms with van der Waals surface area (Å²) in [6, 6.07) is 7.53. The molecule has 2 aliphatic heterocycles. The van der Waals surface area contributed by atoms with E-state index < -0.39 is 0 Å². The number of para-hydroxylation sites is 1. The zero-order valence-electron chi connectivity index (χ0n) is 15.3. The number of amides is 2. The molecule has 1 unspecified atom stereocenters. The average Bonchev–Trinajstić information content (AvgIpc) is 2.74. The van der Waals surface area contributed by atoms with Gasteiger partial charge >= 0.3 is 6.03 Å². The summed E-state index contributed by atoms with van der Waals surface area (Å²) in [5.41, 5.74) is 1.05. The van der Waals surface area contributed by atoms with Crippen LogP contribution in [0.3, 0.4) is 0 Å². The SMILES string of the molecule is COc1cccc2c1OCC(NC(=O)N1CCN(c3ncccn3)CC1)C2. The number of nitrogens with one attached hydrogen (secondary N) is 1. The molecule has 142 valence electrons. The number of benzene rings is 1. The van der Waals surface area contributed by atoms with E-state index in [4.69, 9.17) is 9.47 Å². The van der Waals surface area contributed by atoms with E-state index in [0.717, 1.165) is 36.6 Å². The van der Waals surface area contributed by atoms with Gasteiger partial charge in [0.25, 0.3) is 0 Å². The van der Waals surface area contributed by atoms with Crippen LogP contribution in [-0.2, 0) is 6.42 Å². The van der Waals surface area contributed by atoms with E-state index in [1.165, 1.54) is 0 Å². The third-order valence-electron chi connectivity index (χ3n) is 4.91. The van der Waals surface area contributed by atoms with Gasteiger partial charge in [0.15, 0.2) is 11.5 Å². The molecule has 1 saturated heterocycles. The fourth-order valence-corrected chi connectivity index (χ4v) is 3.48. The number of carbonyl (C=O) groups excluding carboxylic acids is 1. The zero-order valence-corrected chi connectivity index (χ0v) is 15.3. The van der Waals surface area contributed by atoms with E-state index >= 15 is 0 Å². The summed E-state index contributed by atoms with van der Waals surface area (Å²) in [6.07, 6.45) is 4.20. The van der Waals surface area contributed by atoms with Crippen molar-refractivity contribution in [1.29, 1.82) is 0 Å². The molecule has 2 aromatic rings. The van der Waals surface area contributed by atoms with Crippen molar-refractivity contribution in [3.63, 3.8) is 0 Å². The molecule has 1 aromatic carbocycles. The number of aromatic nitrogens is 2. The van der Waals surface area contributed by atoms with Gasteiger partial charge in [-0.2, -0.15) is 0 Å². The summed E-state index contributed by atoms with van der Waals surface area (Å²) in [5, 5.41) is 3.09. The lowest BCUT2D eigenvalue weighted by Gasteiger charge is -2.36. The van der Waals surface area contributed by atoms with Gasteiger partial charge in [-0.05, 0) is 18.6 Å². The molecule has 1 aromatic heterocycles. The first-order chi connectivity index (χ1) is 13.2. The fraction of sp³-hybridized carbons (Fsp3) is 0.421. The molecule has 2 amide bonds. The summed E-state index contributed by atoms with van der Waals surface area (Å²) in [6.45, 7) is 3.17. The Hall–Kier alpha value is -3.03. The van der Waals surface area contributed by atoms with Crippen molar-refractivity contribution in [2.24, 2.45) is 0 Å². The molecule has 0 bridgehead atoms. The number of hydrogen-bond donors (Lipinski definition) is 1. The van der Waals surface area contributed by atoms with Crippen molar-refractivity contribution in [3.05, 3.63) is 42.2 Å². The number of hydrogen-bond acceptors (Lipinski definition) is 6. The predicted octanol–water partition coefficient (Wildman–Crippen LogP) is 1.32. The van der Waals surface area contributed by atoms with E-state index in [1.807, 2.05) is 23.1 Å². The summed E-state index contributed by atoms with van der Waals surface area (Å²) in [4.78, 5) is 25.1. The van der Waals surface area contributed by atoms with Gasteiger partial charge in [0, 0.05) is 44.1 Å². The maximum Gasteiger partial charge on any atom is 0.317 e. The molecule has 0 saturated carbocycles. The van der Waals surface area contributed by atoms with Crippen molar-refractivity contribution >= 4 is 12.0 Å². The van der Waals surface area contributed by atoms with E-state index in [0.29, 0.717) is 25.6 Å². The van der Waals surface area contributed by atoms with Gasteiger partial charge in [0.05, 0.1) is 13.2 Å². The Labute approximate surface area is 158 Å². The minimum Gasteiger partial charge on any atom is -0.493 e. The van der Waals surface area contributed by atoms with Gasteiger partial charge in [-0.25, -0.2) is 14.8 Å². The lowest BCUT2D eigenvalue weighted by molar-refractivity contribution is 0.176. The third-order valence-corrected chi connectivity index (χ3v) is 4.91. The van der Waals surface area contributed by atoms with Crippen molar-refractivity contribution in [1.82, 2.24) is 20.2 Å². The molecule has 0 aliphatic carbocycles. The lowest BCUT2D eigenvalue weighted by Crippen LogP contribution is -2.55. The van der Waals surface area contributed by atoms with Crippen LogP contribution in [0.1, 0.15) is 5.56 Å². The molecule has 1 fully saturated rings. The molecule has 27 heavy (non-hydrogen) atoms. The van der Waals surface area contributed by atoms with Crippen molar-refractivity contribution < 1.29 is 14.3 Å². The number of nitrogens with zero attached hydrogens (tertiary/aromatic N) is 4. The standard InChI is InChI=1S/C19H23N5O3/c1-26-16-5-2-4-14-12-15(13-27-17(14)16)22-19(25)24-10-8-23(9-11-24)18-20-6-3-7-21-18/h2-7,15H,8-13H2,1H3,(H,22,25).